The average Bonchev–Trinajstić information content (AvgIpc) is 3.52. The second-order valence-electron chi connectivity index (χ2n) is 8.99. The van der Waals surface area contributed by atoms with E-state index in [4.69, 9.17) is 10.5 Å². The number of rotatable bonds is 4. The molecular formula is C24H20F6N4O2. The topological polar surface area (TPSA) is 81.3 Å². The molecule has 0 radical (unpaired) electrons. The molecule has 0 unspecified atom stereocenters. The Bertz CT molecular complexity index is 1340. The third-order valence-electron chi connectivity index (χ3n) is 6.62. The molecule has 1 aliphatic carbocycles. The van der Waals surface area contributed by atoms with Gasteiger partial charge in [0, 0.05) is 28.8 Å². The van der Waals surface area contributed by atoms with Crippen molar-refractivity contribution < 1.29 is 35.9 Å². The van der Waals surface area contributed by atoms with Crippen LogP contribution < -0.4 is 5.73 Å². The number of amides is 1. The zero-order valence-electron chi connectivity index (χ0n) is 18.8. The van der Waals surface area contributed by atoms with Crippen LogP contribution in [0, 0.1) is 5.92 Å². The van der Waals surface area contributed by atoms with E-state index >= 15 is 0 Å². The number of ether oxygens (including phenoxy) is 1. The molecule has 0 spiro atoms. The average molecular weight is 510 g/mol. The molecule has 6 nitrogen and oxygen atoms in total. The van der Waals surface area contributed by atoms with Crippen LogP contribution in [0.15, 0.2) is 36.5 Å². The van der Waals surface area contributed by atoms with Gasteiger partial charge in [-0.1, -0.05) is 0 Å². The number of carbonyl (C=O) groups excluding carboxylic acids is 1. The van der Waals surface area contributed by atoms with E-state index in [0.29, 0.717) is 28.5 Å². The maximum Gasteiger partial charge on any atom is 0.417 e. The largest absolute Gasteiger partial charge is 0.417 e. The number of alkyl halides is 6. The van der Waals surface area contributed by atoms with Crippen LogP contribution in [0.2, 0.25) is 0 Å². The SMILES string of the molecule is C[C@H]1OCc2c1c(N)nc1ccc(C(=O)N(Cc3ccc(C(F)(F)F)cn3)[C@@H]3C[C@H]3C(F)(F)F)cc21. The van der Waals surface area contributed by atoms with Gasteiger partial charge < -0.3 is 15.4 Å². The van der Waals surface area contributed by atoms with Crippen LogP contribution in [0.25, 0.3) is 10.9 Å². The third kappa shape index (κ3) is 4.34. The number of pyridine rings is 2. The number of nitrogens with two attached hydrogens (primary N) is 1. The van der Waals surface area contributed by atoms with Gasteiger partial charge in [-0.05, 0) is 49.2 Å². The molecule has 3 aromatic rings. The van der Waals surface area contributed by atoms with E-state index in [1.807, 2.05) is 6.92 Å². The Labute approximate surface area is 201 Å². The molecule has 2 N–H and O–H groups in total. The van der Waals surface area contributed by atoms with Crippen molar-refractivity contribution in [2.45, 2.75) is 51.0 Å². The fourth-order valence-corrected chi connectivity index (χ4v) is 4.64. The van der Waals surface area contributed by atoms with Crippen LogP contribution in [0.3, 0.4) is 0 Å². The van der Waals surface area contributed by atoms with Crippen molar-refractivity contribution in [3.63, 3.8) is 0 Å². The standard InChI is InChI=1S/C24H20F6N4O2/c1-11-20-16(10-36-11)15-6-12(2-5-18(15)33-21(20)31)22(35)34(19-7-17(19)24(28,29)30)9-14-4-3-13(8-32-14)23(25,26)27/h2-6,8,11,17,19H,7,9-10H2,1H3,(H2,31,33)/t11-,17-,19-/m1/s1. The van der Waals surface area contributed by atoms with Crippen molar-refractivity contribution in [3.05, 3.63) is 64.5 Å². The number of fused-ring (bicyclic) bond motifs is 3. The number of halogens is 6. The Morgan fingerprint density at radius 2 is 1.92 bits per heavy atom. The first kappa shape index (κ1) is 24.3. The summed E-state index contributed by atoms with van der Waals surface area (Å²) in [5.41, 5.74) is 7.20. The van der Waals surface area contributed by atoms with Crippen molar-refractivity contribution in [1.29, 1.82) is 0 Å². The summed E-state index contributed by atoms with van der Waals surface area (Å²) in [4.78, 5) is 22.6. The lowest BCUT2D eigenvalue weighted by Crippen LogP contribution is -2.35. The van der Waals surface area contributed by atoms with Gasteiger partial charge in [-0.3, -0.25) is 9.78 Å². The van der Waals surface area contributed by atoms with E-state index in [2.05, 4.69) is 9.97 Å². The lowest BCUT2D eigenvalue weighted by Gasteiger charge is -2.24. The molecule has 1 saturated carbocycles. The minimum absolute atomic E-state index is 0.0440. The molecule has 1 amide bonds. The minimum atomic E-state index is -4.61. The predicted octanol–water partition coefficient (Wildman–Crippen LogP) is 5.42. The zero-order chi connectivity index (χ0) is 26.0. The quantitative estimate of drug-likeness (QED) is 0.475. The molecule has 1 fully saturated rings. The van der Waals surface area contributed by atoms with Gasteiger partial charge >= 0.3 is 12.4 Å². The van der Waals surface area contributed by atoms with Crippen molar-refractivity contribution >= 4 is 22.6 Å². The number of aromatic nitrogens is 2. The van der Waals surface area contributed by atoms with Gasteiger partial charge in [0.1, 0.15) is 5.82 Å². The molecule has 3 atom stereocenters. The maximum atomic E-state index is 13.5. The summed E-state index contributed by atoms with van der Waals surface area (Å²) in [5, 5.41) is 0.602. The van der Waals surface area contributed by atoms with Gasteiger partial charge in [-0.15, -0.1) is 0 Å². The highest BCUT2D eigenvalue weighted by atomic mass is 19.4. The summed E-state index contributed by atoms with van der Waals surface area (Å²) in [6.45, 7) is 1.69. The molecular weight excluding hydrogens is 490 g/mol. The normalized spacial score (nSPS) is 21.5. The Balaban J connectivity index is 1.50. The monoisotopic (exact) mass is 510 g/mol. The first-order valence-corrected chi connectivity index (χ1v) is 11.1. The van der Waals surface area contributed by atoms with Crippen molar-refractivity contribution in [2.75, 3.05) is 5.73 Å². The molecule has 36 heavy (non-hydrogen) atoms. The molecule has 5 rings (SSSR count). The number of nitrogens with zero attached hydrogens (tertiary/aromatic N) is 3. The number of anilines is 1. The van der Waals surface area contributed by atoms with Gasteiger partial charge in [-0.25, -0.2) is 4.98 Å². The predicted molar refractivity (Wildman–Crippen MR) is 116 cm³/mol. The van der Waals surface area contributed by atoms with Gasteiger partial charge in [0.15, 0.2) is 0 Å². The van der Waals surface area contributed by atoms with Crippen LogP contribution >= 0.6 is 0 Å². The molecule has 1 aromatic carbocycles. The Morgan fingerprint density at radius 3 is 2.53 bits per heavy atom. The third-order valence-corrected chi connectivity index (χ3v) is 6.62. The van der Waals surface area contributed by atoms with Crippen LogP contribution in [0.1, 0.15) is 52.2 Å². The number of hydrogen-bond donors (Lipinski definition) is 1. The van der Waals surface area contributed by atoms with E-state index in [9.17, 15) is 31.1 Å². The molecule has 2 aliphatic rings. The highest BCUT2D eigenvalue weighted by molar-refractivity contribution is 5.99. The maximum absolute atomic E-state index is 13.5. The van der Waals surface area contributed by atoms with E-state index in [0.717, 1.165) is 22.6 Å². The zero-order valence-corrected chi connectivity index (χ0v) is 18.8. The van der Waals surface area contributed by atoms with Crippen LogP contribution in [0.4, 0.5) is 32.2 Å². The van der Waals surface area contributed by atoms with E-state index in [-0.39, 0.29) is 36.9 Å². The first-order chi connectivity index (χ1) is 16.8. The molecule has 190 valence electrons. The summed E-state index contributed by atoms with van der Waals surface area (Å²) >= 11 is 0. The van der Waals surface area contributed by atoms with E-state index in [1.165, 1.54) is 6.07 Å². The van der Waals surface area contributed by atoms with Crippen molar-refractivity contribution in [2.24, 2.45) is 5.92 Å². The summed E-state index contributed by atoms with van der Waals surface area (Å²) < 4.78 is 84.3. The summed E-state index contributed by atoms with van der Waals surface area (Å²) in [6.07, 6.45) is -9.10. The van der Waals surface area contributed by atoms with Crippen molar-refractivity contribution in [3.8, 4) is 0 Å². The lowest BCUT2D eigenvalue weighted by atomic mass is 10.00. The molecule has 12 heteroatoms. The minimum Gasteiger partial charge on any atom is -0.383 e. The molecule has 2 aromatic heterocycles. The molecule has 0 saturated heterocycles. The van der Waals surface area contributed by atoms with Gasteiger partial charge in [0.25, 0.3) is 5.91 Å². The van der Waals surface area contributed by atoms with Crippen LogP contribution in [-0.2, 0) is 24.1 Å². The molecule has 1 aliphatic heterocycles. The smallest absolute Gasteiger partial charge is 0.383 e. The van der Waals surface area contributed by atoms with E-state index in [1.54, 1.807) is 12.1 Å². The van der Waals surface area contributed by atoms with Crippen molar-refractivity contribution in [1.82, 2.24) is 14.9 Å². The Hall–Kier alpha value is -3.41. The number of hydrogen-bond acceptors (Lipinski definition) is 5. The number of carbonyl (C=O) groups is 1. The fourth-order valence-electron chi connectivity index (χ4n) is 4.64. The molecule has 3 heterocycles. The van der Waals surface area contributed by atoms with E-state index < -0.39 is 35.8 Å². The van der Waals surface area contributed by atoms with Gasteiger partial charge in [0.05, 0.1) is 41.9 Å². The lowest BCUT2D eigenvalue weighted by molar-refractivity contribution is -0.151. The highest BCUT2D eigenvalue weighted by Crippen LogP contribution is 2.48. The second kappa shape index (κ2) is 8.32. The van der Waals surface area contributed by atoms with Crippen LogP contribution in [-0.4, -0.2) is 33.0 Å². The van der Waals surface area contributed by atoms with Gasteiger partial charge in [-0.2, -0.15) is 26.3 Å². The summed E-state index contributed by atoms with van der Waals surface area (Å²) in [6, 6.07) is 5.26. The fraction of sp³-hybridized carbons (Fsp3) is 0.375. The summed E-state index contributed by atoms with van der Waals surface area (Å²) in [5.74, 6) is -2.09. The Kier molecular flexibility index (Phi) is 5.62. The second-order valence-corrected chi connectivity index (χ2v) is 8.99. The Morgan fingerprint density at radius 1 is 1.17 bits per heavy atom. The number of nitrogen functional groups attached to an aromatic ring is 1. The summed E-state index contributed by atoms with van der Waals surface area (Å²) in [7, 11) is 0. The highest BCUT2D eigenvalue weighted by Gasteiger charge is 2.59. The first-order valence-electron chi connectivity index (χ1n) is 11.1. The van der Waals surface area contributed by atoms with Crippen LogP contribution in [0.5, 0.6) is 0 Å². The molecule has 0 bridgehead atoms. The number of benzene rings is 1. The van der Waals surface area contributed by atoms with Gasteiger partial charge in [0.2, 0.25) is 0 Å².